The van der Waals surface area contributed by atoms with Crippen molar-refractivity contribution in [2.75, 3.05) is 25.6 Å². The lowest BCUT2D eigenvalue weighted by molar-refractivity contribution is -0.0108. The lowest BCUT2D eigenvalue weighted by Gasteiger charge is -2.32. The Morgan fingerprint density at radius 3 is 2.94 bits per heavy atom. The van der Waals surface area contributed by atoms with Crippen LogP contribution in [0.1, 0.15) is 21.5 Å². The molecule has 0 saturated carbocycles. The van der Waals surface area contributed by atoms with E-state index in [1.807, 2.05) is 36.9 Å². The zero-order valence-corrected chi connectivity index (χ0v) is 11.5. The predicted octanol–water partition coefficient (Wildman–Crippen LogP) is 2.38. The van der Waals surface area contributed by atoms with E-state index in [1.54, 1.807) is 0 Å². The summed E-state index contributed by atoms with van der Waals surface area (Å²) in [5.41, 5.74) is 2.97. The van der Waals surface area contributed by atoms with Crippen LogP contribution in [0.3, 0.4) is 0 Å². The van der Waals surface area contributed by atoms with Crippen molar-refractivity contribution in [2.45, 2.75) is 20.0 Å². The third kappa shape index (κ3) is 2.85. The molecule has 0 N–H and O–H groups in total. The van der Waals surface area contributed by atoms with Crippen molar-refractivity contribution >= 4 is 17.5 Å². The second kappa shape index (κ2) is 5.72. The standard InChI is InChI=1S/C14H18ClNO2/c1-10-3-4-13(11(2)7-10)14(17)16-5-6-18-12(8-15)9-16/h3-4,7,12H,5-6,8-9H2,1-2H3. The van der Waals surface area contributed by atoms with Crippen molar-refractivity contribution in [3.63, 3.8) is 0 Å². The minimum absolute atomic E-state index is 0.0462. The molecule has 4 heteroatoms. The fourth-order valence-electron chi connectivity index (χ4n) is 2.22. The summed E-state index contributed by atoms with van der Waals surface area (Å²) < 4.78 is 5.47. The van der Waals surface area contributed by atoms with E-state index in [1.165, 1.54) is 5.56 Å². The average Bonchev–Trinajstić information content (AvgIpc) is 2.38. The first-order valence-electron chi connectivity index (χ1n) is 6.16. The van der Waals surface area contributed by atoms with Gasteiger partial charge in [-0.05, 0) is 25.5 Å². The van der Waals surface area contributed by atoms with Gasteiger partial charge in [-0.1, -0.05) is 17.7 Å². The Hall–Kier alpha value is -1.06. The number of alkyl halides is 1. The van der Waals surface area contributed by atoms with Gasteiger partial charge in [0.1, 0.15) is 0 Å². The van der Waals surface area contributed by atoms with Gasteiger partial charge < -0.3 is 9.64 Å². The van der Waals surface area contributed by atoms with E-state index in [0.29, 0.717) is 25.6 Å². The molecule has 1 fully saturated rings. The van der Waals surface area contributed by atoms with Crippen LogP contribution in [0.25, 0.3) is 0 Å². The van der Waals surface area contributed by atoms with Gasteiger partial charge in [0.25, 0.3) is 5.91 Å². The van der Waals surface area contributed by atoms with E-state index in [2.05, 4.69) is 0 Å². The van der Waals surface area contributed by atoms with Crippen molar-refractivity contribution in [2.24, 2.45) is 0 Å². The smallest absolute Gasteiger partial charge is 0.254 e. The van der Waals surface area contributed by atoms with Crippen molar-refractivity contribution in [3.05, 3.63) is 34.9 Å². The number of hydrogen-bond donors (Lipinski definition) is 0. The maximum Gasteiger partial charge on any atom is 0.254 e. The van der Waals surface area contributed by atoms with Crippen molar-refractivity contribution in [3.8, 4) is 0 Å². The second-order valence-corrected chi connectivity index (χ2v) is 5.03. The summed E-state index contributed by atoms with van der Waals surface area (Å²) in [6, 6.07) is 5.91. The highest BCUT2D eigenvalue weighted by atomic mass is 35.5. The first kappa shape index (κ1) is 13.4. The molecule has 1 aliphatic rings. The van der Waals surface area contributed by atoms with Gasteiger partial charge in [-0.3, -0.25) is 4.79 Å². The van der Waals surface area contributed by atoms with Gasteiger partial charge in [0.05, 0.1) is 18.6 Å². The summed E-state index contributed by atoms with van der Waals surface area (Å²) in [5.74, 6) is 0.502. The maximum absolute atomic E-state index is 12.4. The van der Waals surface area contributed by atoms with Gasteiger partial charge in [0, 0.05) is 18.7 Å². The molecule has 1 amide bonds. The number of morpholine rings is 1. The molecule has 1 unspecified atom stereocenters. The highest BCUT2D eigenvalue weighted by Gasteiger charge is 2.25. The molecule has 0 radical (unpaired) electrons. The predicted molar refractivity (Wildman–Crippen MR) is 72.3 cm³/mol. The van der Waals surface area contributed by atoms with Gasteiger partial charge in [-0.25, -0.2) is 0 Å². The molecule has 2 rings (SSSR count). The fourth-order valence-corrected chi connectivity index (χ4v) is 2.41. The van der Waals surface area contributed by atoms with E-state index >= 15 is 0 Å². The van der Waals surface area contributed by atoms with Crippen LogP contribution < -0.4 is 0 Å². The molecular formula is C14H18ClNO2. The molecule has 18 heavy (non-hydrogen) atoms. The number of halogens is 1. The van der Waals surface area contributed by atoms with Crippen LogP contribution in [-0.2, 0) is 4.74 Å². The summed E-state index contributed by atoms with van der Waals surface area (Å²) >= 11 is 5.79. The number of benzene rings is 1. The summed E-state index contributed by atoms with van der Waals surface area (Å²) in [7, 11) is 0. The molecule has 98 valence electrons. The molecule has 0 aromatic heterocycles. The normalized spacial score (nSPS) is 19.9. The van der Waals surface area contributed by atoms with E-state index in [0.717, 1.165) is 11.1 Å². The van der Waals surface area contributed by atoms with Gasteiger partial charge in [-0.15, -0.1) is 11.6 Å². The number of carbonyl (C=O) groups excluding carboxylic acids is 1. The van der Waals surface area contributed by atoms with Crippen LogP contribution >= 0.6 is 11.6 Å². The molecule has 0 spiro atoms. The van der Waals surface area contributed by atoms with Crippen LogP contribution in [0.5, 0.6) is 0 Å². The Kier molecular flexibility index (Phi) is 4.25. The van der Waals surface area contributed by atoms with E-state index in [-0.39, 0.29) is 12.0 Å². The maximum atomic E-state index is 12.4. The second-order valence-electron chi connectivity index (χ2n) is 4.72. The number of aryl methyl sites for hydroxylation is 2. The van der Waals surface area contributed by atoms with E-state index in [4.69, 9.17) is 16.3 Å². The third-order valence-electron chi connectivity index (χ3n) is 3.21. The molecule has 1 aromatic rings. The van der Waals surface area contributed by atoms with Crippen LogP contribution in [0.2, 0.25) is 0 Å². The molecule has 3 nitrogen and oxygen atoms in total. The number of ether oxygens (including phenoxy) is 1. The van der Waals surface area contributed by atoms with Crippen LogP contribution in [0.15, 0.2) is 18.2 Å². The topological polar surface area (TPSA) is 29.5 Å². The quantitative estimate of drug-likeness (QED) is 0.770. The molecule has 1 heterocycles. The first-order chi connectivity index (χ1) is 8.61. The molecule has 1 atom stereocenters. The Morgan fingerprint density at radius 2 is 2.28 bits per heavy atom. The van der Waals surface area contributed by atoms with Crippen LogP contribution in [0.4, 0.5) is 0 Å². The minimum atomic E-state index is -0.0462. The molecular weight excluding hydrogens is 250 g/mol. The summed E-state index contributed by atoms with van der Waals surface area (Å²) in [6.45, 7) is 5.78. The molecule has 1 aliphatic heterocycles. The third-order valence-corrected chi connectivity index (χ3v) is 3.55. The number of carbonyl (C=O) groups is 1. The molecule has 1 saturated heterocycles. The number of amides is 1. The summed E-state index contributed by atoms with van der Waals surface area (Å²) in [4.78, 5) is 14.2. The van der Waals surface area contributed by atoms with Gasteiger partial charge >= 0.3 is 0 Å². The largest absolute Gasteiger partial charge is 0.373 e. The Bertz CT molecular complexity index is 447. The van der Waals surface area contributed by atoms with Crippen molar-refractivity contribution in [1.82, 2.24) is 4.90 Å². The molecule has 0 bridgehead atoms. The van der Waals surface area contributed by atoms with Gasteiger partial charge in [0.15, 0.2) is 0 Å². The molecule has 1 aromatic carbocycles. The summed E-state index contributed by atoms with van der Waals surface area (Å²) in [5, 5.41) is 0. The number of nitrogens with zero attached hydrogens (tertiary/aromatic N) is 1. The Balaban J connectivity index is 2.15. The SMILES string of the molecule is Cc1ccc(C(=O)N2CCOC(CCl)C2)c(C)c1. The van der Waals surface area contributed by atoms with Crippen molar-refractivity contribution < 1.29 is 9.53 Å². The van der Waals surface area contributed by atoms with Crippen LogP contribution in [-0.4, -0.2) is 42.5 Å². The van der Waals surface area contributed by atoms with Gasteiger partial charge in [-0.2, -0.15) is 0 Å². The van der Waals surface area contributed by atoms with Gasteiger partial charge in [0.2, 0.25) is 0 Å². The monoisotopic (exact) mass is 267 g/mol. The lowest BCUT2D eigenvalue weighted by Crippen LogP contribution is -2.46. The fraction of sp³-hybridized carbons (Fsp3) is 0.500. The minimum Gasteiger partial charge on any atom is -0.373 e. The van der Waals surface area contributed by atoms with E-state index < -0.39 is 0 Å². The average molecular weight is 268 g/mol. The zero-order valence-electron chi connectivity index (χ0n) is 10.8. The highest BCUT2D eigenvalue weighted by molar-refractivity contribution is 6.18. The van der Waals surface area contributed by atoms with E-state index in [9.17, 15) is 4.79 Å². The lowest BCUT2D eigenvalue weighted by atomic mass is 10.0. The van der Waals surface area contributed by atoms with Crippen LogP contribution in [0, 0.1) is 13.8 Å². The number of hydrogen-bond acceptors (Lipinski definition) is 2. The highest BCUT2D eigenvalue weighted by Crippen LogP contribution is 2.16. The first-order valence-corrected chi connectivity index (χ1v) is 6.69. The summed E-state index contributed by atoms with van der Waals surface area (Å²) in [6.07, 6.45) is -0.0462. The zero-order chi connectivity index (χ0) is 13.1. The van der Waals surface area contributed by atoms with Crippen molar-refractivity contribution in [1.29, 1.82) is 0 Å². The number of rotatable bonds is 2. The molecule has 0 aliphatic carbocycles. The Morgan fingerprint density at radius 1 is 1.50 bits per heavy atom. The Labute approximate surface area is 113 Å².